The third-order valence-electron chi connectivity index (χ3n) is 6.85. The van der Waals surface area contributed by atoms with Crippen molar-refractivity contribution in [3.63, 3.8) is 0 Å². The van der Waals surface area contributed by atoms with Gasteiger partial charge in [-0.2, -0.15) is 0 Å². The van der Waals surface area contributed by atoms with Crippen molar-refractivity contribution in [1.82, 2.24) is 0 Å². The Kier molecular flexibility index (Phi) is 28.2. The molecule has 3 heteroatoms. The van der Waals surface area contributed by atoms with E-state index in [2.05, 4.69) is 26.0 Å². The minimum atomic E-state index is -0.337. The van der Waals surface area contributed by atoms with E-state index in [9.17, 15) is 9.59 Å². The van der Waals surface area contributed by atoms with Gasteiger partial charge in [-0.05, 0) is 38.5 Å². The van der Waals surface area contributed by atoms with Gasteiger partial charge in [0.1, 0.15) is 0 Å². The van der Waals surface area contributed by atoms with Crippen molar-refractivity contribution in [3.8, 4) is 0 Å². The van der Waals surface area contributed by atoms with Crippen LogP contribution in [0.25, 0.3) is 0 Å². The van der Waals surface area contributed by atoms with E-state index in [1.165, 1.54) is 122 Å². The summed E-state index contributed by atoms with van der Waals surface area (Å²) in [4.78, 5) is 23.7. The summed E-state index contributed by atoms with van der Waals surface area (Å²) >= 11 is 0. The molecular formula is C32H60O3. The second kappa shape index (κ2) is 29.1. The summed E-state index contributed by atoms with van der Waals surface area (Å²) in [6, 6.07) is 0. The molecule has 0 rings (SSSR count). The molecule has 0 spiro atoms. The van der Waals surface area contributed by atoms with E-state index in [4.69, 9.17) is 4.74 Å². The molecule has 0 unspecified atom stereocenters. The summed E-state index contributed by atoms with van der Waals surface area (Å²) < 4.78 is 4.98. The molecule has 0 aromatic carbocycles. The largest absolute Gasteiger partial charge is 0.393 e. The third kappa shape index (κ3) is 29.0. The van der Waals surface area contributed by atoms with Crippen LogP contribution >= 0.6 is 0 Å². The molecular weight excluding hydrogens is 432 g/mol. The number of rotatable bonds is 27. The lowest BCUT2D eigenvalue weighted by molar-refractivity contribution is -0.159. The number of allylic oxidation sites excluding steroid dienone is 2. The molecule has 0 amide bonds. The predicted octanol–water partition coefficient (Wildman–Crippen LogP) is 10.8. The zero-order chi connectivity index (χ0) is 25.7. The second-order valence-corrected chi connectivity index (χ2v) is 10.5. The first kappa shape index (κ1) is 33.9. The molecule has 0 aliphatic rings. The maximum Gasteiger partial charge on any atom is 0.313 e. The van der Waals surface area contributed by atoms with Crippen LogP contribution in [0, 0.1) is 0 Å². The van der Waals surface area contributed by atoms with Crippen molar-refractivity contribution in [1.29, 1.82) is 0 Å². The molecule has 0 fully saturated rings. The van der Waals surface area contributed by atoms with Crippen LogP contribution in [0.1, 0.15) is 181 Å². The Hall–Kier alpha value is -1.12. The van der Waals surface area contributed by atoms with Crippen LogP contribution < -0.4 is 0 Å². The summed E-state index contributed by atoms with van der Waals surface area (Å²) in [7, 11) is 0. The molecule has 0 aliphatic heterocycles. The molecule has 35 heavy (non-hydrogen) atoms. The molecule has 0 aliphatic carbocycles. The van der Waals surface area contributed by atoms with Crippen LogP contribution in [0.2, 0.25) is 0 Å². The summed E-state index contributed by atoms with van der Waals surface area (Å²) in [5, 5.41) is 0. The molecule has 0 bridgehead atoms. The number of hydrogen-bond acceptors (Lipinski definition) is 3. The van der Waals surface area contributed by atoms with Crippen LogP contribution in [0.15, 0.2) is 12.2 Å². The van der Waals surface area contributed by atoms with Crippen molar-refractivity contribution >= 4 is 11.9 Å². The van der Waals surface area contributed by atoms with E-state index >= 15 is 0 Å². The lowest BCUT2D eigenvalue weighted by atomic mass is 10.0. The Labute approximate surface area is 219 Å². The third-order valence-corrected chi connectivity index (χ3v) is 6.85. The number of unbranched alkanes of at least 4 members (excludes halogenated alkanes) is 21. The fourth-order valence-corrected chi connectivity index (χ4v) is 4.50. The quantitative estimate of drug-likeness (QED) is 0.0495. The molecule has 0 aromatic heterocycles. The monoisotopic (exact) mass is 492 g/mol. The van der Waals surface area contributed by atoms with Crippen LogP contribution in [0.4, 0.5) is 0 Å². The van der Waals surface area contributed by atoms with Crippen molar-refractivity contribution in [2.24, 2.45) is 0 Å². The number of ether oxygens (including phenoxy) is 1. The molecule has 0 saturated carbocycles. The Morgan fingerprint density at radius 3 is 1.09 bits per heavy atom. The van der Waals surface area contributed by atoms with Crippen LogP contribution in [0.5, 0.6) is 0 Å². The minimum Gasteiger partial charge on any atom is -0.393 e. The zero-order valence-corrected chi connectivity index (χ0v) is 23.8. The molecule has 0 radical (unpaired) electrons. The SMILES string of the molecule is CCCCCC/C=C\CCCCCCCC(=O)OC(=O)CCCCCCCCCCCCCCC. The molecule has 0 heterocycles. The lowest BCUT2D eigenvalue weighted by Gasteiger charge is -2.04. The van der Waals surface area contributed by atoms with Crippen molar-refractivity contribution in [2.75, 3.05) is 0 Å². The van der Waals surface area contributed by atoms with E-state index < -0.39 is 0 Å². The summed E-state index contributed by atoms with van der Waals surface area (Å²) in [6.45, 7) is 4.52. The second-order valence-electron chi connectivity index (χ2n) is 10.5. The van der Waals surface area contributed by atoms with E-state index in [0.29, 0.717) is 12.8 Å². The maximum absolute atomic E-state index is 11.8. The molecule has 206 valence electrons. The summed E-state index contributed by atoms with van der Waals surface area (Å²) in [5.41, 5.74) is 0. The van der Waals surface area contributed by atoms with E-state index in [-0.39, 0.29) is 11.9 Å². The number of carbonyl (C=O) groups is 2. The highest BCUT2D eigenvalue weighted by atomic mass is 16.6. The van der Waals surface area contributed by atoms with Gasteiger partial charge in [0, 0.05) is 12.8 Å². The van der Waals surface area contributed by atoms with Gasteiger partial charge in [0.15, 0.2) is 0 Å². The lowest BCUT2D eigenvalue weighted by Crippen LogP contribution is -2.11. The summed E-state index contributed by atoms with van der Waals surface area (Å²) in [5.74, 6) is -0.671. The summed E-state index contributed by atoms with van der Waals surface area (Å²) in [6.07, 6.45) is 35.3. The highest BCUT2D eigenvalue weighted by Crippen LogP contribution is 2.14. The Bertz CT molecular complexity index is 483. The van der Waals surface area contributed by atoms with Crippen LogP contribution in [-0.2, 0) is 14.3 Å². The van der Waals surface area contributed by atoms with Crippen molar-refractivity contribution < 1.29 is 14.3 Å². The highest BCUT2D eigenvalue weighted by molar-refractivity contribution is 5.85. The Morgan fingerprint density at radius 2 is 0.714 bits per heavy atom. The van der Waals surface area contributed by atoms with Gasteiger partial charge in [0.25, 0.3) is 0 Å². The molecule has 0 saturated heterocycles. The Balaban J connectivity index is 3.33. The van der Waals surface area contributed by atoms with Gasteiger partial charge in [0.05, 0.1) is 0 Å². The van der Waals surface area contributed by atoms with E-state index in [1.54, 1.807) is 0 Å². The zero-order valence-electron chi connectivity index (χ0n) is 23.8. The smallest absolute Gasteiger partial charge is 0.313 e. The van der Waals surface area contributed by atoms with Gasteiger partial charge in [-0.3, -0.25) is 9.59 Å². The van der Waals surface area contributed by atoms with Gasteiger partial charge in [-0.15, -0.1) is 0 Å². The van der Waals surface area contributed by atoms with E-state index in [1.807, 2.05) is 0 Å². The highest BCUT2D eigenvalue weighted by Gasteiger charge is 2.09. The van der Waals surface area contributed by atoms with Crippen molar-refractivity contribution in [2.45, 2.75) is 181 Å². The standard InChI is InChI=1S/C32H60O3/c1-3-5-7-9-11-13-15-17-19-21-23-25-27-29-31(33)35-32(34)30-28-26-24-22-20-18-16-14-12-10-8-6-4-2/h13,15H,3-12,14,16-30H2,1-2H3/b15-13-. The van der Waals surface area contributed by atoms with Crippen molar-refractivity contribution in [3.05, 3.63) is 12.2 Å². The van der Waals surface area contributed by atoms with Gasteiger partial charge >= 0.3 is 11.9 Å². The van der Waals surface area contributed by atoms with Crippen LogP contribution in [0.3, 0.4) is 0 Å². The number of hydrogen-bond donors (Lipinski definition) is 0. The molecule has 0 aromatic rings. The number of esters is 2. The van der Waals surface area contributed by atoms with Crippen LogP contribution in [-0.4, -0.2) is 11.9 Å². The van der Waals surface area contributed by atoms with E-state index in [0.717, 1.165) is 32.1 Å². The molecule has 0 atom stereocenters. The fraction of sp³-hybridized carbons (Fsp3) is 0.875. The first-order chi connectivity index (χ1) is 17.2. The first-order valence-electron chi connectivity index (χ1n) is 15.6. The number of carbonyl (C=O) groups excluding carboxylic acids is 2. The molecule has 0 N–H and O–H groups in total. The topological polar surface area (TPSA) is 43.4 Å². The molecule has 3 nitrogen and oxygen atoms in total. The van der Waals surface area contributed by atoms with Gasteiger partial charge < -0.3 is 4.74 Å². The maximum atomic E-state index is 11.8. The Morgan fingerprint density at radius 1 is 0.429 bits per heavy atom. The fourth-order valence-electron chi connectivity index (χ4n) is 4.50. The van der Waals surface area contributed by atoms with Gasteiger partial charge in [-0.25, -0.2) is 0 Å². The normalized spacial score (nSPS) is 11.4. The predicted molar refractivity (Wildman–Crippen MR) is 152 cm³/mol. The minimum absolute atomic E-state index is 0.334. The van der Waals surface area contributed by atoms with Gasteiger partial charge in [0.2, 0.25) is 0 Å². The van der Waals surface area contributed by atoms with Gasteiger partial charge in [-0.1, -0.05) is 142 Å². The average Bonchev–Trinajstić information content (AvgIpc) is 2.85. The first-order valence-corrected chi connectivity index (χ1v) is 15.6. The average molecular weight is 493 g/mol.